The van der Waals surface area contributed by atoms with Gasteiger partial charge in [-0.1, -0.05) is 18.2 Å². The second kappa shape index (κ2) is 10.2. The van der Waals surface area contributed by atoms with Crippen LogP contribution in [0.4, 0.5) is 34.1 Å². The second-order valence-electron chi connectivity index (χ2n) is 7.29. The monoisotopic (exact) mass is 484 g/mol. The van der Waals surface area contributed by atoms with Crippen LogP contribution >= 0.6 is 0 Å². The zero-order valence-corrected chi connectivity index (χ0v) is 18.3. The van der Waals surface area contributed by atoms with Gasteiger partial charge in [0.2, 0.25) is 0 Å². The largest absolute Gasteiger partial charge is 0.507 e. The smallest absolute Gasteiger partial charge is 0.269 e. The van der Waals surface area contributed by atoms with Crippen molar-refractivity contribution in [2.45, 2.75) is 0 Å². The maximum Gasteiger partial charge on any atom is 0.269 e. The summed E-state index contributed by atoms with van der Waals surface area (Å²) < 4.78 is 0. The minimum absolute atomic E-state index is 0.0447. The van der Waals surface area contributed by atoms with Crippen molar-refractivity contribution in [1.29, 1.82) is 0 Å². The second-order valence-corrected chi connectivity index (χ2v) is 7.29. The summed E-state index contributed by atoms with van der Waals surface area (Å²) in [6.45, 7) is 0. The molecular formula is C24H16N6O6. The number of nitrogens with zero attached hydrogens (tertiary/aromatic N) is 6. The molecule has 178 valence electrons. The first-order valence-electron chi connectivity index (χ1n) is 10.3. The molecule has 4 aromatic rings. The van der Waals surface area contributed by atoms with Gasteiger partial charge in [-0.15, -0.1) is 10.2 Å². The number of rotatable bonds is 7. The van der Waals surface area contributed by atoms with Crippen molar-refractivity contribution in [3.05, 3.63) is 105 Å². The van der Waals surface area contributed by atoms with Gasteiger partial charge in [0.25, 0.3) is 11.4 Å². The first-order valence-corrected chi connectivity index (χ1v) is 10.3. The number of phenolic OH excluding ortho intramolecular Hbond substituents is 2. The van der Waals surface area contributed by atoms with Crippen LogP contribution in [0.1, 0.15) is 0 Å². The molecule has 0 aromatic heterocycles. The lowest BCUT2D eigenvalue weighted by atomic mass is 10.0. The van der Waals surface area contributed by atoms with E-state index in [0.717, 1.165) is 0 Å². The summed E-state index contributed by atoms with van der Waals surface area (Å²) in [7, 11) is 0. The highest BCUT2D eigenvalue weighted by Crippen LogP contribution is 2.47. The zero-order valence-electron chi connectivity index (χ0n) is 18.3. The van der Waals surface area contributed by atoms with E-state index in [9.17, 15) is 30.4 Å². The van der Waals surface area contributed by atoms with E-state index in [1.165, 1.54) is 60.7 Å². The molecule has 0 radical (unpaired) electrons. The molecule has 4 aromatic carbocycles. The molecule has 0 bridgehead atoms. The summed E-state index contributed by atoms with van der Waals surface area (Å²) in [5, 5.41) is 59.2. The molecule has 0 heterocycles. The summed E-state index contributed by atoms with van der Waals surface area (Å²) in [6.07, 6.45) is 0. The van der Waals surface area contributed by atoms with Crippen molar-refractivity contribution < 1.29 is 20.1 Å². The normalized spacial score (nSPS) is 11.2. The quantitative estimate of drug-likeness (QED) is 0.157. The van der Waals surface area contributed by atoms with Gasteiger partial charge in [0.15, 0.2) is 5.75 Å². The van der Waals surface area contributed by atoms with Crippen molar-refractivity contribution in [3.8, 4) is 22.6 Å². The standard InChI is InChI=1S/C24H16N6O6/c31-22-14-13-21(28-26-16-7-11-18(12-8-16)30(35)36)24(32)23(22)19-3-1-2-4-20(19)27-25-15-5-9-17(10-6-15)29(33)34/h1-14,31-32H. The Morgan fingerprint density at radius 2 is 1.08 bits per heavy atom. The van der Waals surface area contributed by atoms with Gasteiger partial charge in [-0.05, 0) is 42.5 Å². The average molecular weight is 484 g/mol. The van der Waals surface area contributed by atoms with Gasteiger partial charge in [0, 0.05) is 29.8 Å². The van der Waals surface area contributed by atoms with Gasteiger partial charge in [0.05, 0.1) is 32.5 Å². The summed E-state index contributed by atoms with van der Waals surface area (Å²) >= 11 is 0. The summed E-state index contributed by atoms with van der Waals surface area (Å²) in [6, 6.07) is 20.2. The van der Waals surface area contributed by atoms with Crippen LogP contribution in [0.3, 0.4) is 0 Å². The Bertz CT molecular complexity index is 1500. The molecule has 0 saturated heterocycles. The Morgan fingerprint density at radius 3 is 1.61 bits per heavy atom. The molecule has 12 heteroatoms. The van der Waals surface area contributed by atoms with Crippen LogP contribution in [-0.2, 0) is 0 Å². The van der Waals surface area contributed by atoms with E-state index in [0.29, 0.717) is 22.6 Å². The van der Waals surface area contributed by atoms with Crippen LogP contribution in [0.2, 0.25) is 0 Å². The highest BCUT2D eigenvalue weighted by molar-refractivity contribution is 5.87. The summed E-state index contributed by atoms with van der Waals surface area (Å²) in [4.78, 5) is 20.6. The molecule has 0 aliphatic rings. The number of phenols is 2. The van der Waals surface area contributed by atoms with E-state index in [2.05, 4.69) is 20.5 Å². The maximum absolute atomic E-state index is 10.9. The van der Waals surface area contributed by atoms with Gasteiger partial charge in [-0.25, -0.2) is 0 Å². The zero-order chi connectivity index (χ0) is 25.7. The van der Waals surface area contributed by atoms with Gasteiger partial charge in [-0.2, -0.15) is 10.2 Å². The maximum atomic E-state index is 10.9. The third-order valence-electron chi connectivity index (χ3n) is 4.98. The third kappa shape index (κ3) is 5.17. The average Bonchev–Trinajstić information content (AvgIpc) is 2.88. The number of nitro benzene ring substituents is 2. The number of benzene rings is 4. The van der Waals surface area contributed by atoms with Crippen molar-refractivity contribution in [2.24, 2.45) is 20.5 Å². The summed E-state index contributed by atoms with van der Waals surface area (Å²) in [5.74, 6) is -0.599. The topological polar surface area (TPSA) is 176 Å². The number of azo groups is 2. The molecular weight excluding hydrogens is 468 g/mol. The van der Waals surface area contributed by atoms with E-state index in [1.807, 2.05) is 0 Å². The van der Waals surface area contributed by atoms with Gasteiger partial charge in [0.1, 0.15) is 11.4 Å². The molecule has 0 unspecified atom stereocenters. The molecule has 0 aliphatic heterocycles. The Balaban J connectivity index is 1.66. The molecule has 4 rings (SSSR count). The minimum atomic E-state index is -0.532. The van der Waals surface area contributed by atoms with Crippen molar-refractivity contribution in [3.63, 3.8) is 0 Å². The third-order valence-corrected chi connectivity index (χ3v) is 4.98. The first kappa shape index (κ1) is 23.6. The van der Waals surface area contributed by atoms with Gasteiger partial charge < -0.3 is 10.2 Å². The predicted octanol–water partition coefficient (Wildman–Crippen LogP) is 7.41. The van der Waals surface area contributed by atoms with Crippen molar-refractivity contribution in [1.82, 2.24) is 0 Å². The summed E-state index contributed by atoms with van der Waals surface area (Å²) in [5.41, 5.74) is 1.28. The lowest BCUT2D eigenvalue weighted by molar-refractivity contribution is -0.385. The molecule has 2 N–H and O–H groups in total. The van der Waals surface area contributed by atoms with Gasteiger partial charge in [-0.3, -0.25) is 20.2 Å². The predicted molar refractivity (Wildman–Crippen MR) is 130 cm³/mol. The van der Waals surface area contributed by atoms with Gasteiger partial charge >= 0.3 is 0 Å². The molecule has 0 spiro atoms. The number of non-ortho nitro benzene ring substituents is 2. The fraction of sp³-hybridized carbons (Fsp3) is 0. The SMILES string of the molecule is O=[N+]([O-])c1ccc(N=Nc2ccccc2-c2c(O)ccc(N=Nc3ccc([N+](=O)[O-])cc3)c2O)cc1. The Hall–Kier alpha value is -5.52. The van der Waals surface area contributed by atoms with E-state index < -0.39 is 9.85 Å². The van der Waals surface area contributed by atoms with E-state index >= 15 is 0 Å². The molecule has 0 aliphatic carbocycles. The fourth-order valence-electron chi connectivity index (χ4n) is 3.19. The lowest BCUT2D eigenvalue weighted by Crippen LogP contribution is -1.85. The Morgan fingerprint density at radius 1 is 0.583 bits per heavy atom. The first-order chi connectivity index (χ1) is 17.3. The van der Waals surface area contributed by atoms with Crippen LogP contribution in [0.15, 0.2) is 105 Å². The van der Waals surface area contributed by atoms with E-state index in [4.69, 9.17) is 0 Å². The number of aromatic hydroxyl groups is 2. The van der Waals surface area contributed by atoms with Crippen LogP contribution in [0, 0.1) is 20.2 Å². The fourth-order valence-corrected chi connectivity index (χ4v) is 3.19. The molecule has 0 amide bonds. The molecule has 36 heavy (non-hydrogen) atoms. The highest BCUT2D eigenvalue weighted by Gasteiger charge is 2.17. The van der Waals surface area contributed by atoms with Crippen LogP contribution < -0.4 is 0 Å². The molecule has 0 saturated carbocycles. The van der Waals surface area contributed by atoms with E-state index in [-0.39, 0.29) is 34.1 Å². The van der Waals surface area contributed by atoms with Crippen molar-refractivity contribution in [2.75, 3.05) is 0 Å². The molecule has 0 fully saturated rings. The van der Waals surface area contributed by atoms with Crippen LogP contribution in [0.5, 0.6) is 11.5 Å². The lowest BCUT2D eigenvalue weighted by Gasteiger charge is -2.11. The number of hydrogen-bond acceptors (Lipinski definition) is 10. The van der Waals surface area contributed by atoms with E-state index in [1.54, 1.807) is 24.3 Å². The van der Waals surface area contributed by atoms with Crippen LogP contribution in [-0.4, -0.2) is 20.1 Å². The molecule has 12 nitrogen and oxygen atoms in total. The number of nitro groups is 2. The number of hydrogen-bond donors (Lipinski definition) is 2. The van der Waals surface area contributed by atoms with Crippen molar-refractivity contribution >= 4 is 34.1 Å². The molecule has 0 atom stereocenters. The Kier molecular flexibility index (Phi) is 6.68. The minimum Gasteiger partial charge on any atom is -0.507 e. The van der Waals surface area contributed by atoms with Crippen LogP contribution in [0.25, 0.3) is 11.1 Å². The Labute approximate surface area is 202 Å². The highest BCUT2D eigenvalue weighted by atomic mass is 16.6.